The van der Waals surface area contributed by atoms with E-state index in [0.717, 1.165) is 24.0 Å². The van der Waals surface area contributed by atoms with Crippen molar-refractivity contribution >= 4 is 16.9 Å². The maximum Gasteiger partial charge on any atom is 0.340 e. The summed E-state index contributed by atoms with van der Waals surface area (Å²) in [6.45, 7) is 3.90. The predicted octanol–water partition coefficient (Wildman–Crippen LogP) is 4.43. The second-order valence-electron chi connectivity index (χ2n) is 6.33. The Hall–Kier alpha value is -2.88. The molecule has 2 N–H and O–H groups in total. The summed E-state index contributed by atoms with van der Waals surface area (Å²) >= 11 is 0. The SMILES string of the molecule is Cc1ccc2c(C(=O)O)c(O)c(CCCc3ccccc3)nc2c1C. The molecule has 3 aromatic rings. The second kappa shape index (κ2) is 6.93. The molecule has 0 saturated heterocycles. The number of aromatic nitrogens is 1. The monoisotopic (exact) mass is 335 g/mol. The van der Waals surface area contributed by atoms with Crippen LogP contribution in [0.1, 0.15) is 39.2 Å². The first-order valence-corrected chi connectivity index (χ1v) is 8.38. The molecule has 4 nitrogen and oxygen atoms in total. The van der Waals surface area contributed by atoms with E-state index in [1.807, 2.05) is 38.1 Å². The predicted molar refractivity (Wildman–Crippen MR) is 98.3 cm³/mol. The first kappa shape index (κ1) is 17.0. The third-order valence-electron chi connectivity index (χ3n) is 4.66. The lowest BCUT2D eigenvalue weighted by atomic mass is 9.98. The fraction of sp³-hybridized carbons (Fsp3) is 0.238. The van der Waals surface area contributed by atoms with Gasteiger partial charge in [0.2, 0.25) is 0 Å². The summed E-state index contributed by atoms with van der Waals surface area (Å²) in [4.78, 5) is 16.3. The Bertz CT molecular complexity index is 933. The molecule has 3 rings (SSSR count). The van der Waals surface area contributed by atoms with Gasteiger partial charge >= 0.3 is 5.97 Å². The van der Waals surface area contributed by atoms with Gasteiger partial charge in [-0.25, -0.2) is 9.78 Å². The van der Waals surface area contributed by atoms with Crippen LogP contribution in [0.2, 0.25) is 0 Å². The Morgan fingerprint density at radius 1 is 1.04 bits per heavy atom. The number of benzene rings is 2. The van der Waals surface area contributed by atoms with Crippen molar-refractivity contribution in [3.05, 3.63) is 70.4 Å². The number of aromatic carboxylic acids is 1. The minimum atomic E-state index is -1.13. The van der Waals surface area contributed by atoms with Gasteiger partial charge in [-0.05, 0) is 49.8 Å². The zero-order valence-electron chi connectivity index (χ0n) is 14.4. The lowest BCUT2D eigenvalue weighted by Crippen LogP contribution is -2.05. The minimum Gasteiger partial charge on any atom is -0.505 e. The molecule has 0 fully saturated rings. The quantitative estimate of drug-likeness (QED) is 0.723. The highest BCUT2D eigenvalue weighted by Gasteiger charge is 2.20. The second-order valence-corrected chi connectivity index (χ2v) is 6.33. The molecule has 0 radical (unpaired) electrons. The average Bonchev–Trinajstić information content (AvgIpc) is 2.60. The van der Waals surface area contributed by atoms with E-state index in [-0.39, 0.29) is 11.3 Å². The molecule has 4 heteroatoms. The van der Waals surface area contributed by atoms with Gasteiger partial charge in [-0.15, -0.1) is 0 Å². The Morgan fingerprint density at radius 3 is 2.44 bits per heavy atom. The minimum absolute atomic E-state index is 0.0530. The molecule has 0 aliphatic carbocycles. The fourth-order valence-corrected chi connectivity index (χ4v) is 3.10. The summed E-state index contributed by atoms with van der Waals surface area (Å²) in [5.74, 6) is -1.34. The molecule has 1 heterocycles. The van der Waals surface area contributed by atoms with Crippen LogP contribution in [0.15, 0.2) is 42.5 Å². The van der Waals surface area contributed by atoms with Crippen molar-refractivity contribution < 1.29 is 15.0 Å². The van der Waals surface area contributed by atoms with Crippen LogP contribution >= 0.6 is 0 Å². The van der Waals surface area contributed by atoms with E-state index < -0.39 is 5.97 Å². The van der Waals surface area contributed by atoms with E-state index in [4.69, 9.17) is 0 Å². The summed E-state index contributed by atoms with van der Waals surface area (Å²) < 4.78 is 0. The molecule has 0 saturated carbocycles. The van der Waals surface area contributed by atoms with Gasteiger partial charge in [0.15, 0.2) is 5.75 Å². The van der Waals surface area contributed by atoms with Crippen molar-refractivity contribution in [2.24, 2.45) is 0 Å². The van der Waals surface area contributed by atoms with Crippen molar-refractivity contribution in [1.29, 1.82) is 0 Å². The Kier molecular flexibility index (Phi) is 4.70. The maximum atomic E-state index is 11.7. The molecule has 0 aliphatic heterocycles. The first-order chi connectivity index (χ1) is 12.0. The maximum absolute atomic E-state index is 11.7. The highest BCUT2D eigenvalue weighted by Crippen LogP contribution is 2.32. The Balaban J connectivity index is 1.98. The van der Waals surface area contributed by atoms with Crippen molar-refractivity contribution in [1.82, 2.24) is 4.98 Å². The number of fused-ring (bicyclic) bond motifs is 1. The summed E-state index contributed by atoms with van der Waals surface area (Å²) in [7, 11) is 0. The standard InChI is InChI=1S/C21H21NO3/c1-13-11-12-16-18(21(24)25)20(23)17(22-19(16)14(13)2)10-6-9-15-7-4-3-5-8-15/h3-5,7-8,11-12,23H,6,9-10H2,1-2H3,(H,24,25). The molecule has 1 aromatic heterocycles. The van der Waals surface area contributed by atoms with Gasteiger partial charge in [0.05, 0.1) is 11.2 Å². The van der Waals surface area contributed by atoms with Gasteiger partial charge in [0, 0.05) is 5.39 Å². The van der Waals surface area contributed by atoms with E-state index in [0.29, 0.717) is 23.0 Å². The lowest BCUT2D eigenvalue weighted by Gasteiger charge is -2.13. The number of carboxylic acids is 1. The fourth-order valence-electron chi connectivity index (χ4n) is 3.10. The van der Waals surface area contributed by atoms with Crippen molar-refractivity contribution in [3.8, 4) is 5.75 Å². The number of rotatable bonds is 5. The van der Waals surface area contributed by atoms with Crippen LogP contribution in [0, 0.1) is 13.8 Å². The number of pyridine rings is 1. The van der Waals surface area contributed by atoms with Crippen LogP contribution in [0.25, 0.3) is 10.9 Å². The van der Waals surface area contributed by atoms with Gasteiger partial charge in [-0.3, -0.25) is 0 Å². The highest BCUT2D eigenvalue weighted by molar-refractivity contribution is 6.06. The molecule has 2 aromatic carbocycles. The first-order valence-electron chi connectivity index (χ1n) is 8.38. The van der Waals surface area contributed by atoms with Crippen LogP contribution in [0.4, 0.5) is 0 Å². The van der Waals surface area contributed by atoms with Crippen molar-refractivity contribution in [2.45, 2.75) is 33.1 Å². The number of aromatic hydroxyl groups is 1. The van der Waals surface area contributed by atoms with Crippen LogP contribution in [0.5, 0.6) is 5.75 Å². The zero-order valence-corrected chi connectivity index (χ0v) is 14.4. The third-order valence-corrected chi connectivity index (χ3v) is 4.66. The molecule has 0 bridgehead atoms. The van der Waals surface area contributed by atoms with Gasteiger partial charge in [-0.1, -0.05) is 42.5 Å². The van der Waals surface area contributed by atoms with Gasteiger partial charge in [0.25, 0.3) is 0 Å². The van der Waals surface area contributed by atoms with E-state index in [2.05, 4.69) is 17.1 Å². The number of carbonyl (C=O) groups is 1. The zero-order chi connectivity index (χ0) is 18.0. The van der Waals surface area contributed by atoms with Crippen molar-refractivity contribution in [3.63, 3.8) is 0 Å². The van der Waals surface area contributed by atoms with Crippen LogP contribution in [-0.4, -0.2) is 21.2 Å². The summed E-state index contributed by atoms with van der Waals surface area (Å²) in [5, 5.41) is 20.5. The summed E-state index contributed by atoms with van der Waals surface area (Å²) in [6, 6.07) is 13.7. The molecular weight excluding hydrogens is 314 g/mol. The average molecular weight is 335 g/mol. The van der Waals surface area contributed by atoms with Gasteiger partial charge in [-0.2, -0.15) is 0 Å². The smallest absolute Gasteiger partial charge is 0.340 e. The van der Waals surface area contributed by atoms with E-state index in [9.17, 15) is 15.0 Å². The topological polar surface area (TPSA) is 70.4 Å². The number of carboxylic acid groups (broad SMARTS) is 1. The molecule has 0 atom stereocenters. The normalized spacial score (nSPS) is 11.0. The number of nitrogens with zero attached hydrogens (tertiary/aromatic N) is 1. The highest BCUT2D eigenvalue weighted by atomic mass is 16.4. The largest absolute Gasteiger partial charge is 0.505 e. The van der Waals surface area contributed by atoms with Crippen LogP contribution in [-0.2, 0) is 12.8 Å². The number of hydrogen-bond donors (Lipinski definition) is 2. The molecule has 25 heavy (non-hydrogen) atoms. The number of hydrogen-bond acceptors (Lipinski definition) is 3. The molecule has 0 spiro atoms. The molecule has 0 aliphatic rings. The third kappa shape index (κ3) is 3.33. The van der Waals surface area contributed by atoms with Crippen LogP contribution in [0.3, 0.4) is 0 Å². The summed E-state index contributed by atoms with van der Waals surface area (Å²) in [6.07, 6.45) is 2.18. The lowest BCUT2D eigenvalue weighted by molar-refractivity contribution is 0.0695. The van der Waals surface area contributed by atoms with E-state index in [1.165, 1.54) is 5.56 Å². The summed E-state index contributed by atoms with van der Waals surface area (Å²) in [5.41, 5.74) is 4.28. The van der Waals surface area contributed by atoms with Gasteiger partial charge < -0.3 is 10.2 Å². The Morgan fingerprint density at radius 2 is 1.76 bits per heavy atom. The van der Waals surface area contributed by atoms with E-state index >= 15 is 0 Å². The molecule has 128 valence electrons. The molecule has 0 unspecified atom stereocenters. The Labute approximate surface area is 146 Å². The van der Waals surface area contributed by atoms with Crippen molar-refractivity contribution in [2.75, 3.05) is 0 Å². The van der Waals surface area contributed by atoms with E-state index in [1.54, 1.807) is 6.07 Å². The molecular formula is C21H21NO3. The molecule has 0 amide bonds. The van der Waals surface area contributed by atoms with Gasteiger partial charge in [0.1, 0.15) is 5.56 Å². The number of aryl methyl sites for hydroxylation is 4. The van der Waals surface area contributed by atoms with Crippen LogP contribution < -0.4 is 0 Å².